The van der Waals surface area contributed by atoms with Crippen molar-refractivity contribution in [3.8, 4) is 29.4 Å². The standard InChI is InChI=1S/C36H28ClN7O3/c37-30-16-27(4-5-33(30)46-22-25-3-1-2-24(14-25)19-38)43-36-26(20-39)21-42-31-18-34(47-28-8-12-41-13-9-28)32(17-29(31)36)44-35(45)15-23-6-10-40-11-7-23/h1-5,8-9,12-18,21,40H,6-7,10-11,22H2,(H,42,43)(H,44,45). The Bertz CT molecular complexity index is 2060. The summed E-state index contributed by atoms with van der Waals surface area (Å²) in [5, 5.41) is 29.7. The number of rotatable bonds is 9. The summed E-state index contributed by atoms with van der Waals surface area (Å²) in [6, 6.07) is 23.6. The van der Waals surface area contributed by atoms with Gasteiger partial charge in [-0.1, -0.05) is 29.3 Å². The van der Waals surface area contributed by atoms with Gasteiger partial charge >= 0.3 is 0 Å². The Kier molecular flexibility index (Phi) is 9.54. The van der Waals surface area contributed by atoms with Crippen molar-refractivity contribution in [2.24, 2.45) is 0 Å². The zero-order chi connectivity index (χ0) is 32.6. The summed E-state index contributed by atoms with van der Waals surface area (Å²) in [6.45, 7) is 1.90. The Balaban J connectivity index is 1.32. The van der Waals surface area contributed by atoms with Crippen molar-refractivity contribution in [3.05, 3.63) is 119 Å². The van der Waals surface area contributed by atoms with Crippen LogP contribution in [-0.4, -0.2) is 29.0 Å². The van der Waals surface area contributed by atoms with Crippen LogP contribution in [0.1, 0.15) is 29.5 Å². The van der Waals surface area contributed by atoms with Crippen LogP contribution in [0.3, 0.4) is 0 Å². The number of piperidine rings is 1. The molecule has 232 valence electrons. The summed E-state index contributed by atoms with van der Waals surface area (Å²) in [5.74, 6) is 1.11. The molecule has 47 heavy (non-hydrogen) atoms. The van der Waals surface area contributed by atoms with Crippen molar-refractivity contribution in [1.82, 2.24) is 15.3 Å². The molecule has 1 saturated heterocycles. The number of carbonyl (C=O) groups excluding carboxylic acids is 1. The number of nitrogens with one attached hydrogen (secondary N) is 3. The van der Waals surface area contributed by atoms with Gasteiger partial charge < -0.3 is 25.4 Å². The molecule has 0 atom stereocenters. The minimum atomic E-state index is -0.276. The van der Waals surface area contributed by atoms with Gasteiger partial charge in [0.05, 0.1) is 39.1 Å². The lowest BCUT2D eigenvalue weighted by Crippen LogP contribution is -2.24. The number of anilines is 3. The van der Waals surface area contributed by atoms with Crippen molar-refractivity contribution in [1.29, 1.82) is 10.5 Å². The predicted octanol–water partition coefficient (Wildman–Crippen LogP) is 7.39. The SMILES string of the molecule is N#Cc1cccc(COc2ccc(Nc3c(C#N)cnc4cc(Oc5ccncc5)c(NC(=O)C=C5CCNCC5)cc34)cc2Cl)c1. The average molecular weight is 642 g/mol. The Hall–Kier alpha value is -5.94. The van der Waals surface area contributed by atoms with Crippen molar-refractivity contribution in [2.75, 3.05) is 23.7 Å². The molecular formula is C36H28ClN7O3. The van der Waals surface area contributed by atoms with E-state index in [-0.39, 0.29) is 12.5 Å². The number of halogens is 1. The van der Waals surface area contributed by atoms with E-state index in [1.807, 2.05) is 6.07 Å². The predicted molar refractivity (Wildman–Crippen MR) is 180 cm³/mol. The number of hydrogen-bond donors (Lipinski definition) is 3. The van der Waals surface area contributed by atoms with E-state index < -0.39 is 0 Å². The first-order valence-electron chi connectivity index (χ1n) is 14.8. The molecule has 1 amide bonds. The van der Waals surface area contributed by atoms with Crippen LogP contribution < -0.4 is 25.4 Å². The van der Waals surface area contributed by atoms with Gasteiger partial charge in [0.2, 0.25) is 5.91 Å². The molecule has 11 heteroatoms. The largest absolute Gasteiger partial charge is 0.487 e. The van der Waals surface area contributed by atoms with Gasteiger partial charge in [0.25, 0.3) is 0 Å². The van der Waals surface area contributed by atoms with Crippen LogP contribution >= 0.6 is 11.6 Å². The fraction of sp³-hybridized carbons (Fsp3) is 0.139. The summed E-state index contributed by atoms with van der Waals surface area (Å²) in [7, 11) is 0. The van der Waals surface area contributed by atoms with Gasteiger partial charge in [-0.15, -0.1) is 0 Å². The third-order valence-electron chi connectivity index (χ3n) is 7.46. The second-order valence-corrected chi connectivity index (χ2v) is 11.1. The van der Waals surface area contributed by atoms with Gasteiger partial charge in [-0.05, 0) is 80.0 Å². The molecule has 1 aliphatic heterocycles. The van der Waals surface area contributed by atoms with Gasteiger partial charge in [0, 0.05) is 41.8 Å². The van der Waals surface area contributed by atoms with E-state index in [9.17, 15) is 10.1 Å². The molecule has 10 nitrogen and oxygen atoms in total. The summed E-state index contributed by atoms with van der Waals surface area (Å²) in [6.07, 6.45) is 7.95. The molecule has 1 fully saturated rings. The number of pyridine rings is 2. The van der Waals surface area contributed by atoms with E-state index in [0.717, 1.165) is 37.1 Å². The molecule has 3 aromatic carbocycles. The van der Waals surface area contributed by atoms with E-state index in [0.29, 0.717) is 61.4 Å². The van der Waals surface area contributed by atoms with Crippen LogP contribution in [-0.2, 0) is 11.4 Å². The smallest absolute Gasteiger partial charge is 0.248 e. The van der Waals surface area contributed by atoms with E-state index >= 15 is 0 Å². The first-order chi connectivity index (χ1) is 23.0. The van der Waals surface area contributed by atoms with E-state index in [4.69, 9.17) is 26.3 Å². The van der Waals surface area contributed by atoms with Crippen molar-refractivity contribution >= 4 is 45.5 Å². The summed E-state index contributed by atoms with van der Waals surface area (Å²) >= 11 is 6.60. The molecule has 0 unspecified atom stereocenters. The van der Waals surface area contributed by atoms with Crippen LogP contribution in [0.15, 0.2) is 97.0 Å². The number of benzene rings is 3. The maximum Gasteiger partial charge on any atom is 0.248 e. The molecular weight excluding hydrogens is 614 g/mol. The Morgan fingerprint density at radius 3 is 2.60 bits per heavy atom. The third kappa shape index (κ3) is 7.66. The number of aromatic nitrogens is 2. The Labute approximate surface area is 276 Å². The Morgan fingerprint density at radius 1 is 1.00 bits per heavy atom. The van der Waals surface area contributed by atoms with Gasteiger partial charge in [-0.25, -0.2) is 0 Å². The number of nitrogens with zero attached hydrogens (tertiary/aromatic N) is 4. The van der Waals surface area contributed by atoms with Crippen LogP contribution in [0.5, 0.6) is 17.2 Å². The quantitative estimate of drug-likeness (QED) is 0.140. The van der Waals surface area contributed by atoms with Gasteiger partial charge in [-0.2, -0.15) is 10.5 Å². The fourth-order valence-electron chi connectivity index (χ4n) is 5.13. The number of carbonyl (C=O) groups is 1. The summed E-state index contributed by atoms with van der Waals surface area (Å²) in [5.41, 5.74) is 4.79. The second-order valence-electron chi connectivity index (χ2n) is 10.7. The highest BCUT2D eigenvalue weighted by Gasteiger charge is 2.17. The van der Waals surface area contributed by atoms with Crippen LogP contribution in [0.25, 0.3) is 10.9 Å². The van der Waals surface area contributed by atoms with Crippen LogP contribution in [0, 0.1) is 22.7 Å². The molecule has 3 heterocycles. The molecule has 6 rings (SSSR count). The maximum atomic E-state index is 13.2. The van der Waals surface area contributed by atoms with Gasteiger partial charge in [-0.3, -0.25) is 14.8 Å². The minimum Gasteiger partial charge on any atom is -0.487 e. The highest BCUT2D eigenvalue weighted by Crippen LogP contribution is 2.39. The molecule has 0 spiro atoms. The zero-order valence-electron chi connectivity index (χ0n) is 25.1. The monoisotopic (exact) mass is 641 g/mol. The van der Waals surface area contributed by atoms with Crippen molar-refractivity contribution in [2.45, 2.75) is 19.4 Å². The van der Waals surface area contributed by atoms with E-state index in [2.05, 4.69) is 38.1 Å². The van der Waals surface area contributed by atoms with Crippen molar-refractivity contribution < 1.29 is 14.3 Å². The van der Waals surface area contributed by atoms with Crippen LogP contribution in [0.4, 0.5) is 17.1 Å². The third-order valence-corrected chi connectivity index (χ3v) is 7.75. The number of fused-ring (bicyclic) bond motifs is 1. The number of ether oxygens (including phenoxy) is 2. The topological polar surface area (TPSA) is 145 Å². The molecule has 0 bridgehead atoms. The second kappa shape index (κ2) is 14.4. The summed E-state index contributed by atoms with van der Waals surface area (Å²) in [4.78, 5) is 21.7. The van der Waals surface area contributed by atoms with Crippen LogP contribution in [0.2, 0.25) is 5.02 Å². The summed E-state index contributed by atoms with van der Waals surface area (Å²) < 4.78 is 12.1. The molecule has 5 aromatic rings. The molecule has 3 N–H and O–H groups in total. The normalized spacial score (nSPS) is 12.4. The molecule has 2 aromatic heterocycles. The number of amides is 1. The Morgan fingerprint density at radius 2 is 1.83 bits per heavy atom. The molecule has 0 saturated carbocycles. The lowest BCUT2D eigenvalue weighted by atomic mass is 10.0. The van der Waals surface area contributed by atoms with Gasteiger partial charge in [0.15, 0.2) is 5.75 Å². The first kappa shape index (κ1) is 31.1. The zero-order valence-corrected chi connectivity index (χ0v) is 25.8. The highest BCUT2D eigenvalue weighted by molar-refractivity contribution is 6.32. The highest BCUT2D eigenvalue weighted by atomic mass is 35.5. The lowest BCUT2D eigenvalue weighted by Gasteiger charge is -2.17. The van der Waals surface area contributed by atoms with E-state index in [1.54, 1.807) is 79.1 Å². The maximum absolute atomic E-state index is 13.2. The average Bonchev–Trinajstić information content (AvgIpc) is 3.09. The fourth-order valence-corrected chi connectivity index (χ4v) is 5.37. The van der Waals surface area contributed by atoms with Gasteiger partial charge in [0.1, 0.15) is 24.2 Å². The molecule has 1 aliphatic rings. The lowest BCUT2D eigenvalue weighted by molar-refractivity contribution is -0.112. The first-order valence-corrected chi connectivity index (χ1v) is 15.2. The minimum absolute atomic E-state index is 0.238. The number of hydrogen-bond acceptors (Lipinski definition) is 9. The molecule has 0 radical (unpaired) electrons. The molecule has 0 aliphatic carbocycles. The number of nitriles is 2. The van der Waals surface area contributed by atoms with Crippen molar-refractivity contribution in [3.63, 3.8) is 0 Å². The van der Waals surface area contributed by atoms with E-state index in [1.165, 1.54) is 6.20 Å².